The van der Waals surface area contributed by atoms with Crippen LogP contribution in [0.15, 0.2) is 30.3 Å². The van der Waals surface area contributed by atoms with Crippen molar-refractivity contribution in [2.75, 3.05) is 6.54 Å². The van der Waals surface area contributed by atoms with Crippen LogP contribution < -0.4 is 10.6 Å². The molecule has 5 nitrogen and oxygen atoms in total. The minimum Gasteiger partial charge on any atom is -0.481 e. The van der Waals surface area contributed by atoms with E-state index in [0.717, 1.165) is 5.56 Å². The number of aliphatic carboxylic acids is 1. The lowest BCUT2D eigenvalue weighted by atomic mass is 9.95. The molecule has 1 aromatic rings. The van der Waals surface area contributed by atoms with Crippen molar-refractivity contribution in [2.24, 2.45) is 0 Å². The average molecular weight is 264 g/mol. The number of rotatable bonds is 6. The predicted octanol–water partition coefficient (Wildman–Crippen LogP) is 1.95. The van der Waals surface area contributed by atoms with Crippen molar-refractivity contribution in [1.82, 2.24) is 10.6 Å². The van der Waals surface area contributed by atoms with Crippen molar-refractivity contribution in [3.05, 3.63) is 35.9 Å². The van der Waals surface area contributed by atoms with Gasteiger partial charge in [-0.15, -0.1) is 0 Å². The SMILES string of the molecule is CC(NC(=O)NCCC(=O)O)C(C)c1ccccc1. The maximum Gasteiger partial charge on any atom is 0.315 e. The van der Waals surface area contributed by atoms with Crippen LogP contribution in [-0.2, 0) is 4.79 Å². The molecule has 19 heavy (non-hydrogen) atoms. The van der Waals surface area contributed by atoms with E-state index in [-0.39, 0.29) is 31.0 Å². The Balaban J connectivity index is 2.39. The maximum atomic E-state index is 11.6. The van der Waals surface area contributed by atoms with Gasteiger partial charge in [-0.3, -0.25) is 4.79 Å². The first-order chi connectivity index (χ1) is 9.00. The fourth-order valence-electron chi connectivity index (χ4n) is 1.71. The number of hydrogen-bond donors (Lipinski definition) is 3. The molecule has 0 aliphatic heterocycles. The van der Waals surface area contributed by atoms with Gasteiger partial charge < -0.3 is 15.7 Å². The minimum absolute atomic E-state index is 0.0350. The van der Waals surface area contributed by atoms with E-state index in [4.69, 9.17) is 5.11 Å². The van der Waals surface area contributed by atoms with Gasteiger partial charge in [0.1, 0.15) is 0 Å². The molecule has 0 bridgehead atoms. The topological polar surface area (TPSA) is 78.4 Å². The van der Waals surface area contributed by atoms with Gasteiger partial charge in [-0.25, -0.2) is 4.79 Å². The zero-order valence-corrected chi connectivity index (χ0v) is 11.2. The van der Waals surface area contributed by atoms with E-state index < -0.39 is 5.97 Å². The van der Waals surface area contributed by atoms with Crippen molar-refractivity contribution < 1.29 is 14.7 Å². The van der Waals surface area contributed by atoms with Crippen LogP contribution in [0.2, 0.25) is 0 Å². The second kappa shape index (κ2) is 7.41. The number of carboxylic acid groups (broad SMARTS) is 1. The Hall–Kier alpha value is -2.04. The van der Waals surface area contributed by atoms with E-state index in [1.165, 1.54) is 0 Å². The van der Waals surface area contributed by atoms with Gasteiger partial charge in [0.25, 0.3) is 0 Å². The molecule has 2 atom stereocenters. The number of carbonyl (C=O) groups excluding carboxylic acids is 1. The molecule has 1 rings (SSSR count). The summed E-state index contributed by atoms with van der Waals surface area (Å²) in [7, 11) is 0. The third-order valence-electron chi connectivity index (χ3n) is 3.06. The average Bonchev–Trinajstić information content (AvgIpc) is 2.38. The van der Waals surface area contributed by atoms with Crippen molar-refractivity contribution in [3.8, 4) is 0 Å². The van der Waals surface area contributed by atoms with E-state index in [1.807, 2.05) is 44.2 Å². The van der Waals surface area contributed by atoms with Crippen LogP contribution in [0.4, 0.5) is 4.79 Å². The molecule has 0 heterocycles. The van der Waals surface area contributed by atoms with E-state index in [2.05, 4.69) is 10.6 Å². The highest BCUT2D eigenvalue weighted by molar-refractivity contribution is 5.75. The molecule has 0 fully saturated rings. The summed E-state index contributed by atoms with van der Waals surface area (Å²) in [5.41, 5.74) is 1.15. The lowest BCUT2D eigenvalue weighted by Gasteiger charge is -2.21. The van der Waals surface area contributed by atoms with E-state index in [1.54, 1.807) is 0 Å². The highest BCUT2D eigenvalue weighted by atomic mass is 16.4. The normalized spacial score (nSPS) is 13.4. The summed E-state index contributed by atoms with van der Waals surface area (Å²) < 4.78 is 0. The van der Waals surface area contributed by atoms with E-state index >= 15 is 0 Å². The standard InChI is InChI=1S/C14H20N2O3/c1-10(12-6-4-3-5-7-12)11(2)16-14(19)15-9-8-13(17)18/h3-7,10-11H,8-9H2,1-2H3,(H,17,18)(H2,15,16,19). The Morgan fingerprint density at radius 1 is 1.21 bits per heavy atom. The number of carboxylic acids is 1. The van der Waals surface area contributed by atoms with Crippen LogP contribution in [0.3, 0.4) is 0 Å². The van der Waals surface area contributed by atoms with Crippen LogP contribution in [0, 0.1) is 0 Å². The summed E-state index contributed by atoms with van der Waals surface area (Å²) in [6.07, 6.45) is -0.0734. The van der Waals surface area contributed by atoms with E-state index in [9.17, 15) is 9.59 Å². The van der Waals surface area contributed by atoms with Crippen LogP contribution in [0.25, 0.3) is 0 Å². The van der Waals surface area contributed by atoms with Crippen molar-refractivity contribution in [2.45, 2.75) is 32.2 Å². The smallest absolute Gasteiger partial charge is 0.315 e. The van der Waals surface area contributed by atoms with Crippen molar-refractivity contribution >= 4 is 12.0 Å². The van der Waals surface area contributed by atoms with Crippen LogP contribution in [0.5, 0.6) is 0 Å². The Morgan fingerprint density at radius 2 is 1.84 bits per heavy atom. The van der Waals surface area contributed by atoms with Crippen LogP contribution >= 0.6 is 0 Å². The lowest BCUT2D eigenvalue weighted by Crippen LogP contribution is -2.43. The quantitative estimate of drug-likeness (QED) is 0.735. The summed E-state index contributed by atoms with van der Waals surface area (Å²) >= 11 is 0. The summed E-state index contributed by atoms with van der Waals surface area (Å²) in [4.78, 5) is 21.9. The number of hydrogen-bond acceptors (Lipinski definition) is 2. The number of amides is 2. The molecule has 2 unspecified atom stereocenters. The number of nitrogens with one attached hydrogen (secondary N) is 2. The molecule has 1 aromatic carbocycles. The Bertz CT molecular complexity index is 420. The third-order valence-corrected chi connectivity index (χ3v) is 3.06. The molecule has 5 heteroatoms. The first kappa shape index (κ1) is 15.0. The fraction of sp³-hybridized carbons (Fsp3) is 0.429. The second-order valence-electron chi connectivity index (χ2n) is 4.53. The van der Waals surface area contributed by atoms with Gasteiger partial charge >= 0.3 is 12.0 Å². The second-order valence-corrected chi connectivity index (χ2v) is 4.53. The molecule has 104 valence electrons. The Kier molecular flexibility index (Phi) is 5.85. The Morgan fingerprint density at radius 3 is 2.42 bits per heavy atom. The minimum atomic E-state index is -0.925. The van der Waals surface area contributed by atoms with Crippen LogP contribution in [-0.4, -0.2) is 29.7 Å². The number of benzene rings is 1. The molecule has 0 aliphatic rings. The fourth-order valence-corrected chi connectivity index (χ4v) is 1.71. The molecule has 3 N–H and O–H groups in total. The molecule has 0 saturated heterocycles. The zero-order chi connectivity index (χ0) is 14.3. The van der Waals surface area contributed by atoms with Gasteiger partial charge in [-0.2, -0.15) is 0 Å². The summed E-state index contributed by atoms with van der Waals surface area (Å²) in [6, 6.07) is 9.55. The van der Waals surface area contributed by atoms with E-state index in [0.29, 0.717) is 0 Å². The molecule has 0 radical (unpaired) electrons. The van der Waals surface area contributed by atoms with Gasteiger partial charge in [0.05, 0.1) is 6.42 Å². The van der Waals surface area contributed by atoms with Gasteiger partial charge in [0.15, 0.2) is 0 Å². The van der Waals surface area contributed by atoms with Gasteiger partial charge in [0, 0.05) is 18.5 Å². The summed E-state index contributed by atoms with van der Waals surface area (Å²) in [5.74, 6) is -0.738. The predicted molar refractivity (Wildman–Crippen MR) is 73.1 cm³/mol. The largest absolute Gasteiger partial charge is 0.481 e. The summed E-state index contributed by atoms with van der Waals surface area (Å²) in [6.45, 7) is 4.10. The van der Waals surface area contributed by atoms with Crippen LogP contribution in [0.1, 0.15) is 31.7 Å². The molecular formula is C14H20N2O3. The first-order valence-corrected chi connectivity index (χ1v) is 6.32. The molecule has 0 aliphatic carbocycles. The van der Waals surface area contributed by atoms with Crippen molar-refractivity contribution in [3.63, 3.8) is 0 Å². The van der Waals surface area contributed by atoms with Gasteiger partial charge in [-0.1, -0.05) is 37.3 Å². The molecule has 0 aromatic heterocycles. The van der Waals surface area contributed by atoms with Gasteiger partial charge in [0.2, 0.25) is 0 Å². The van der Waals surface area contributed by atoms with Crippen molar-refractivity contribution in [1.29, 1.82) is 0 Å². The monoisotopic (exact) mass is 264 g/mol. The third kappa shape index (κ3) is 5.42. The first-order valence-electron chi connectivity index (χ1n) is 6.32. The maximum absolute atomic E-state index is 11.6. The Labute approximate surface area is 113 Å². The highest BCUT2D eigenvalue weighted by Gasteiger charge is 2.16. The number of urea groups is 1. The number of carbonyl (C=O) groups is 2. The zero-order valence-electron chi connectivity index (χ0n) is 11.2. The molecule has 2 amide bonds. The molecule has 0 spiro atoms. The van der Waals surface area contributed by atoms with Gasteiger partial charge in [-0.05, 0) is 12.5 Å². The lowest BCUT2D eigenvalue weighted by molar-refractivity contribution is -0.136. The highest BCUT2D eigenvalue weighted by Crippen LogP contribution is 2.18. The molecular weight excluding hydrogens is 244 g/mol. The summed E-state index contributed by atoms with van der Waals surface area (Å²) in [5, 5.41) is 13.8. The molecule has 0 saturated carbocycles.